The van der Waals surface area contributed by atoms with E-state index < -0.39 is 0 Å². The molecule has 1 aliphatic rings. The molecule has 1 N–H and O–H groups in total. The van der Waals surface area contributed by atoms with Gasteiger partial charge in [0.2, 0.25) is 0 Å². The Morgan fingerprint density at radius 1 is 1.32 bits per heavy atom. The number of rotatable bonds is 5. The third-order valence-electron chi connectivity index (χ3n) is 4.92. The molecule has 0 bridgehead atoms. The molecular formula is C19H18N6. The second-order valence-electron chi connectivity index (χ2n) is 6.70. The number of H-pyrrole nitrogens is 1. The van der Waals surface area contributed by atoms with Crippen LogP contribution in [-0.4, -0.2) is 24.3 Å². The first-order valence-corrected chi connectivity index (χ1v) is 8.72. The van der Waals surface area contributed by atoms with E-state index in [1.165, 1.54) is 29.4 Å². The second-order valence-corrected chi connectivity index (χ2v) is 6.70. The summed E-state index contributed by atoms with van der Waals surface area (Å²) in [6.07, 6.45) is 11.8. The van der Waals surface area contributed by atoms with Crippen LogP contribution in [0.5, 0.6) is 0 Å². The van der Waals surface area contributed by atoms with Gasteiger partial charge in [-0.25, -0.2) is 4.98 Å². The van der Waals surface area contributed by atoms with Crippen molar-refractivity contribution < 1.29 is 0 Å². The van der Waals surface area contributed by atoms with E-state index in [1.54, 1.807) is 0 Å². The number of hydrogen-bond donors (Lipinski definition) is 1. The van der Waals surface area contributed by atoms with Gasteiger partial charge in [0.05, 0.1) is 23.5 Å². The van der Waals surface area contributed by atoms with Crippen molar-refractivity contribution in [3.05, 3.63) is 42.6 Å². The van der Waals surface area contributed by atoms with Crippen molar-refractivity contribution >= 4 is 21.9 Å². The zero-order valence-corrected chi connectivity index (χ0v) is 13.8. The van der Waals surface area contributed by atoms with E-state index in [-0.39, 0.29) is 0 Å². The minimum atomic E-state index is 0.560. The molecule has 1 aliphatic carbocycles. The summed E-state index contributed by atoms with van der Waals surface area (Å²) >= 11 is 0. The highest BCUT2D eigenvalue weighted by molar-refractivity contribution is 6.04. The Hall–Kier alpha value is -3.07. The van der Waals surface area contributed by atoms with Crippen LogP contribution in [0.3, 0.4) is 0 Å². The fraction of sp³-hybridized carbons (Fsp3) is 0.316. The average Bonchev–Trinajstić information content (AvgIpc) is 3.04. The van der Waals surface area contributed by atoms with Crippen LogP contribution in [0, 0.1) is 11.3 Å². The SMILES string of the molecule is N#CCCCn1cc(-n2c(C3CC3)cc3cnc4[nH]ccc4c32)cn1. The summed E-state index contributed by atoms with van der Waals surface area (Å²) in [4.78, 5) is 7.74. The van der Waals surface area contributed by atoms with Gasteiger partial charge < -0.3 is 9.55 Å². The van der Waals surface area contributed by atoms with E-state index >= 15 is 0 Å². The Morgan fingerprint density at radius 2 is 2.24 bits per heavy atom. The van der Waals surface area contributed by atoms with Crippen molar-refractivity contribution in [2.45, 2.75) is 38.1 Å². The maximum absolute atomic E-state index is 8.71. The highest BCUT2D eigenvalue weighted by Crippen LogP contribution is 2.44. The van der Waals surface area contributed by atoms with Gasteiger partial charge in [0.1, 0.15) is 5.65 Å². The minimum Gasteiger partial charge on any atom is -0.346 e. The first kappa shape index (κ1) is 14.3. The number of unbranched alkanes of at least 4 members (excludes halogenated alkanes) is 1. The zero-order valence-electron chi connectivity index (χ0n) is 13.8. The molecular weight excluding hydrogens is 312 g/mol. The molecule has 0 radical (unpaired) electrons. The first-order valence-electron chi connectivity index (χ1n) is 8.72. The Kier molecular flexibility index (Phi) is 3.14. The van der Waals surface area contributed by atoms with Gasteiger partial charge in [0.15, 0.2) is 0 Å². The molecule has 0 atom stereocenters. The van der Waals surface area contributed by atoms with Crippen molar-refractivity contribution in [3.63, 3.8) is 0 Å². The second kappa shape index (κ2) is 5.49. The van der Waals surface area contributed by atoms with Crippen LogP contribution in [0.25, 0.3) is 27.6 Å². The highest BCUT2D eigenvalue weighted by atomic mass is 15.3. The van der Waals surface area contributed by atoms with Crippen molar-refractivity contribution in [2.24, 2.45) is 0 Å². The molecule has 4 heterocycles. The Balaban J connectivity index is 1.67. The van der Waals surface area contributed by atoms with E-state index in [0.29, 0.717) is 12.3 Å². The van der Waals surface area contributed by atoms with Crippen molar-refractivity contribution in [2.75, 3.05) is 0 Å². The molecule has 0 unspecified atom stereocenters. The van der Waals surface area contributed by atoms with Crippen LogP contribution in [0.4, 0.5) is 0 Å². The monoisotopic (exact) mass is 330 g/mol. The summed E-state index contributed by atoms with van der Waals surface area (Å²) in [5.41, 5.74) is 4.55. The summed E-state index contributed by atoms with van der Waals surface area (Å²) in [6.45, 7) is 0.770. The molecule has 25 heavy (non-hydrogen) atoms. The quantitative estimate of drug-likeness (QED) is 0.564. The Labute approximate surface area is 144 Å². The lowest BCUT2D eigenvalue weighted by molar-refractivity contribution is 0.585. The van der Waals surface area contributed by atoms with Gasteiger partial charge >= 0.3 is 0 Å². The van der Waals surface area contributed by atoms with Crippen LogP contribution in [0.1, 0.15) is 37.3 Å². The standard InChI is InChI=1S/C19H18N6/c20-6-1-2-8-24-12-15(11-23-24)25-17(13-3-4-13)9-14-10-22-19-16(18(14)25)5-7-21-19/h5,7,9-13H,1-4,8H2,(H,21,22). The normalized spacial score (nSPS) is 14.4. The number of nitrogens with zero attached hydrogens (tertiary/aromatic N) is 5. The van der Waals surface area contributed by atoms with Gasteiger partial charge in [0.25, 0.3) is 0 Å². The Bertz CT molecular complexity index is 1100. The van der Waals surface area contributed by atoms with Gasteiger partial charge in [0, 0.05) is 48.0 Å². The third kappa shape index (κ3) is 2.31. The smallest absolute Gasteiger partial charge is 0.139 e. The predicted octanol–water partition coefficient (Wildman–Crippen LogP) is 3.88. The number of nitriles is 1. The van der Waals surface area contributed by atoms with Gasteiger partial charge in [-0.2, -0.15) is 10.4 Å². The van der Waals surface area contributed by atoms with Crippen LogP contribution in [0.2, 0.25) is 0 Å². The molecule has 1 saturated carbocycles. The van der Waals surface area contributed by atoms with Crippen LogP contribution in [0.15, 0.2) is 36.9 Å². The van der Waals surface area contributed by atoms with Crippen LogP contribution < -0.4 is 0 Å². The number of aromatic amines is 1. The number of aryl methyl sites for hydroxylation is 1. The van der Waals surface area contributed by atoms with Gasteiger partial charge in [-0.3, -0.25) is 4.68 Å². The fourth-order valence-electron chi connectivity index (χ4n) is 3.59. The number of aromatic nitrogens is 5. The van der Waals surface area contributed by atoms with E-state index in [9.17, 15) is 0 Å². The largest absolute Gasteiger partial charge is 0.346 e. The molecule has 0 amide bonds. The molecule has 4 aromatic heterocycles. The maximum atomic E-state index is 8.71. The molecule has 6 heteroatoms. The third-order valence-corrected chi connectivity index (χ3v) is 4.92. The lowest BCUT2D eigenvalue weighted by Crippen LogP contribution is -2.00. The van der Waals surface area contributed by atoms with E-state index in [1.807, 2.05) is 23.3 Å². The number of pyridine rings is 1. The molecule has 0 aliphatic heterocycles. The molecule has 5 rings (SSSR count). The highest BCUT2D eigenvalue weighted by Gasteiger charge is 2.29. The number of hydrogen-bond acceptors (Lipinski definition) is 3. The molecule has 0 aromatic carbocycles. The molecule has 0 saturated heterocycles. The lowest BCUT2D eigenvalue weighted by atomic mass is 10.2. The van der Waals surface area contributed by atoms with Crippen molar-refractivity contribution in [1.82, 2.24) is 24.3 Å². The molecule has 0 spiro atoms. The van der Waals surface area contributed by atoms with E-state index in [4.69, 9.17) is 5.26 Å². The fourth-order valence-corrected chi connectivity index (χ4v) is 3.59. The van der Waals surface area contributed by atoms with Crippen molar-refractivity contribution in [1.29, 1.82) is 5.26 Å². The lowest BCUT2D eigenvalue weighted by Gasteiger charge is -2.08. The number of nitrogens with one attached hydrogen (secondary N) is 1. The molecule has 1 fully saturated rings. The Morgan fingerprint density at radius 3 is 3.08 bits per heavy atom. The average molecular weight is 330 g/mol. The van der Waals surface area contributed by atoms with Crippen LogP contribution >= 0.6 is 0 Å². The topological polar surface area (TPSA) is 75.2 Å². The van der Waals surface area contributed by atoms with Gasteiger partial charge in [-0.05, 0) is 37.3 Å². The summed E-state index contributed by atoms with van der Waals surface area (Å²) in [6, 6.07) is 6.56. The zero-order chi connectivity index (χ0) is 16.8. The first-order chi connectivity index (χ1) is 12.3. The summed E-state index contributed by atoms with van der Waals surface area (Å²) in [5.74, 6) is 0.628. The summed E-state index contributed by atoms with van der Waals surface area (Å²) in [5, 5.41) is 15.5. The van der Waals surface area contributed by atoms with Crippen molar-refractivity contribution in [3.8, 4) is 11.8 Å². The maximum Gasteiger partial charge on any atom is 0.139 e. The molecule has 4 aromatic rings. The minimum absolute atomic E-state index is 0.560. The van der Waals surface area contributed by atoms with Gasteiger partial charge in [-0.15, -0.1) is 0 Å². The number of fused-ring (bicyclic) bond motifs is 3. The molecule has 6 nitrogen and oxygen atoms in total. The van der Waals surface area contributed by atoms with E-state index in [0.717, 1.165) is 29.7 Å². The van der Waals surface area contributed by atoms with Crippen LogP contribution in [-0.2, 0) is 6.54 Å². The molecule has 124 valence electrons. The van der Waals surface area contributed by atoms with E-state index in [2.05, 4.69) is 44.0 Å². The van der Waals surface area contributed by atoms with Gasteiger partial charge in [-0.1, -0.05) is 0 Å². The summed E-state index contributed by atoms with van der Waals surface area (Å²) < 4.78 is 4.28. The predicted molar refractivity (Wildman–Crippen MR) is 95.5 cm³/mol. The summed E-state index contributed by atoms with van der Waals surface area (Å²) in [7, 11) is 0.